The van der Waals surface area contributed by atoms with E-state index in [0.717, 1.165) is 11.3 Å². The number of carbonyl (C=O) groups excluding carboxylic acids is 2. The van der Waals surface area contributed by atoms with Crippen molar-refractivity contribution in [1.82, 2.24) is 0 Å². The predicted octanol–water partition coefficient (Wildman–Crippen LogP) is 1.22. The summed E-state index contributed by atoms with van der Waals surface area (Å²) in [5.41, 5.74) is 1.99. The van der Waals surface area contributed by atoms with E-state index in [4.69, 9.17) is 0 Å². The minimum atomic E-state index is -0.215. The second-order valence-electron chi connectivity index (χ2n) is 2.72. The number of nitrogens with one attached hydrogen (secondary N) is 1. The fourth-order valence-electron chi connectivity index (χ4n) is 1.37. The van der Waals surface area contributed by atoms with Gasteiger partial charge in [-0.05, 0) is 12.1 Å². The van der Waals surface area contributed by atoms with Crippen LogP contribution in [0.5, 0.6) is 0 Å². The Labute approximate surface area is 75.1 Å². The summed E-state index contributed by atoms with van der Waals surface area (Å²) in [7, 11) is 0. The summed E-state index contributed by atoms with van der Waals surface area (Å²) in [5, 5.41) is 2.67. The lowest BCUT2D eigenvalue weighted by Crippen LogP contribution is -2.03. The number of aldehydes is 1. The largest absolute Gasteiger partial charge is 0.321 e. The molecule has 1 aliphatic rings. The van der Waals surface area contributed by atoms with Gasteiger partial charge in [0.05, 0.1) is 5.57 Å². The van der Waals surface area contributed by atoms with E-state index in [9.17, 15) is 9.59 Å². The van der Waals surface area contributed by atoms with E-state index in [1.165, 1.54) is 6.08 Å². The number of anilines is 1. The molecule has 0 radical (unpaired) electrons. The van der Waals surface area contributed by atoms with Crippen LogP contribution in [0.2, 0.25) is 0 Å². The third-order valence-corrected chi connectivity index (χ3v) is 1.94. The Morgan fingerprint density at radius 1 is 1.23 bits per heavy atom. The Morgan fingerprint density at radius 2 is 2.00 bits per heavy atom. The molecule has 1 aromatic rings. The van der Waals surface area contributed by atoms with Crippen molar-refractivity contribution < 1.29 is 9.59 Å². The van der Waals surface area contributed by atoms with Crippen molar-refractivity contribution in [3.05, 3.63) is 35.9 Å². The SMILES string of the molecule is O=CC=C1C(=O)Nc2ccccc21. The van der Waals surface area contributed by atoms with E-state index in [-0.39, 0.29) is 5.91 Å². The second kappa shape index (κ2) is 2.86. The van der Waals surface area contributed by atoms with Crippen LogP contribution in [0.15, 0.2) is 30.3 Å². The van der Waals surface area contributed by atoms with E-state index < -0.39 is 0 Å². The number of para-hydroxylation sites is 1. The number of rotatable bonds is 1. The molecule has 2 rings (SSSR count). The first-order chi connectivity index (χ1) is 6.33. The molecule has 1 heterocycles. The molecule has 0 unspecified atom stereocenters. The standard InChI is InChI=1S/C10H7NO2/c12-6-5-8-7-3-1-2-4-9(7)11-10(8)13/h1-6H,(H,11,13). The van der Waals surface area contributed by atoms with Crippen LogP contribution in [0, 0.1) is 0 Å². The highest BCUT2D eigenvalue weighted by atomic mass is 16.2. The molecule has 3 heteroatoms. The highest BCUT2D eigenvalue weighted by Gasteiger charge is 2.22. The van der Waals surface area contributed by atoms with Crippen molar-refractivity contribution in [3.8, 4) is 0 Å². The Balaban J connectivity index is 2.59. The monoisotopic (exact) mass is 173 g/mol. The number of amides is 1. The van der Waals surface area contributed by atoms with Crippen LogP contribution in [0.25, 0.3) is 5.57 Å². The molecule has 0 saturated heterocycles. The topological polar surface area (TPSA) is 46.2 Å². The molecule has 3 nitrogen and oxygen atoms in total. The van der Waals surface area contributed by atoms with Crippen LogP contribution in [0.1, 0.15) is 5.56 Å². The van der Waals surface area contributed by atoms with E-state index >= 15 is 0 Å². The minimum Gasteiger partial charge on any atom is -0.321 e. The van der Waals surface area contributed by atoms with Crippen LogP contribution in [-0.2, 0) is 9.59 Å². The van der Waals surface area contributed by atoms with Crippen molar-refractivity contribution in [3.63, 3.8) is 0 Å². The van der Waals surface area contributed by atoms with Crippen molar-refractivity contribution in [1.29, 1.82) is 0 Å². The van der Waals surface area contributed by atoms with Gasteiger partial charge in [-0.3, -0.25) is 9.59 Å². The fourth-order valence-corrected chi connectivity index (χ4v) is 1.37. The van der Waals surface area contributed by atoms with Gasteiger partial charge in [0.15, 0.2) is 0 Å². The van der Waals surface area contributed by atoms with Gasteiger partial charge >= 0.3 is 0 Å². The molecule has 0 fully saturated rings. The van der Waals surface area contributed by atoms with E-state index in [2.05, 4.69) is 5.32 Å². The van der Waals surface area contributed by atoms with Crippen LogP contribution < -0.4 is 5.32 Å². The van der Waals surface area contributed by atoms with Crippen molar-refractivity contribution >= 4 is 23.5 Å². The summed E-state index contributed by atoms with van der Waals surface area (Å²) in [4.78, 5) is 21.5. The molecule has 13 heavy (non-hydrogen) atoms. The molecule has 0 aromatic heterocycles. The first kappa shape index (κ1) is 7.73. The zero-order chi connectivity index (χ0) is 9.26. The molecule has 0 saturated carbocycles. The van der Waals surface area contributed by atoms with Gasteiger partial charge in [-0.25, -0.2) is 0 Å². The second-order valence-corrected chi connectivity index (χ2v) is 2.72. The van der Waals surface area contributed by atoms with Crippen molar-refractivity contribution in [2.75, 3.05) is 5.32 Å². The Bertz CT molecular complexity index is 407. The zero-order valence-corrected chi connectivity index (χ0v) is 6.78. The smallest absolute Gasteiger partial charge is 0.256 e. The molecule has 64 valence electrons. The van der Waals surface area contributed by atoms with Gasteiger partial charge in [-0.2, -0.15) is 0 Å². The third-order valence-electron chi connectivity index (χ3n) is 1.94. The zero-order valence-electron chi connectivity index (χ0n) is 6.78. The number of hydrogen-bond donors (Lipinski definition) is 1. The predicted molar refractivity (Wildman–Crippen MR) is 49.1 cm³/mol. The molecular formula is C10H7NO2. The highest BCUT2D eigenvalue weighted by Crippen LogP contribution is 2.30. The summed E-state index contributed by atoms with van der Waals surface area (Å²) in [5.74, 6) is -0.215. The van der Waals surface area contributed by atoms with Crippen LogP contribution in [-0.4, -0.2) is 12.2 Å². The molecule has 0 atom stereocenters. The number of allylic oxidation sites excluding steroid dienone is 1. The maximum absolute atomic E-state index is 11.3. The maximum Gasteiger partial charge on any atom is 0.256 e. The van der Waals surface area contributed by atoms with Crippen molar-refractivity contribution in [2.24, 2.45) is 0 Å². The van der Waals surface area contributed by atoms with E-state index in [1.54, 1.807) is 6.07 Å². The Kier molecular flexibility index (Phi) is 1.70. The summed E-state index contributed by atoms with van der Waals surface area (Å²) in [6.45, 7) is 0. The van der Waals surface area contributed by atoms with Gasteiger partial charge in [-0.1, -0.05) is 18.2 Å². The third kappa shape index (κ3) is 1.14. The number of hydrogen-bond acceptors (Lipinski definition) is 2. The van der Waals surface area contributed by atoms with Crippen molar-refractivity contribution in [2.45, 2.75) is 0 Å². The molecule has 1 aromatic carbocycles. The summed E-state index contributed by atoms with van der Waals surface area (Å²) in [6.07, 6.45) is 1.90. The van der Waals surface area contributed by atoms with Gasteiger partial charge in [0, 0.05) is 11.3 Å². The normalized spacial score (nSPS) is 16.9. The number of fused-ring (bicyclic) bond motifs is 1. The summed E-state index contributed by atoms with van der Waals surface area (Å²) >= 11 is 0. The Hall–Kier alpha value is -1.90. The molecule has 1 N–H and O–H groups in total. The molecular weight excluding hydrogens is 166 g/mol. The average Bonchev–Trinajstić information content (AvgIpc) is 2.44. The Morgan fingerprint density at radius 3 is 2.77 bits per heavy atom. The van der Waals surface area contributed by atoms with Gasteiger partial charge in [-0.15, -0.1) is 0 Å². The lowest BCUT2D eigenvalue weighted by molar-refractivity contribution is -0.111. The van der Waals surface area contributed by atoms with Gasteiger partial charge in [0.25, 0.3) is 5.91 Å². The summed E-state index contributed by atoms with van der Waals surface area (Å²) in [6, 6.07) is 7.28. The number of benzene rings is 1. The molecule has 0 bridgehead atoms. The summed E-state index contributed by atoms with van der Waals surface area (Å²) < 4.78 is 0. The van der Waals surface area contributed by atoms with E-state index in [1.807, 2.05) is 18.2 Å². The van der Waals surface area contributed by atoms with Crippen LogP contribution in [0.4, 0.5) is 5.69 Å². The quantitative estimate of drug-likeness (QED) is 0.512. The van der Waals surface area contributed by atoms with Crippen LogP contribution in [0.3, 0.4) is 0 Å². The van der Waals surface area contributed by atoms with Gasteiger partial charge < -0.3 is 5.32 Å². The minimum absolute atomic E-state index is 0.215. The molecule has 1 aliphatic heterocycles. The molecule has 0 aliphatic carbocycles. The van der Waals surface area contributed by atoms with Gasteiger partial charge in [0.2, 0.25) is 0 Å². The lowest BCUT2D eigenvalue weighted by Gasteiger charge is -1.93. The van der Waals surface area contributed by atoms with Crippen LogP contribution >= 0.6 is 0 Å². The highest BCUT2D eigenvalue weighted by molar-refractivity contribution is 6.33. The molecule has 1 amide bonds. The average molecular weight is 173 g/mol. The number of carbonyl (C=O) groups is 2. The lowest BCUT2D eigenvalue weighted by atomic mass is 10.1. The molecule has 0 spiro atoms. The van der Waals surface area contributed by atoms with E-state index in [0.29, 0.717) is 11.9 Å². The van der Waals surface area contributed by atoms with Gasteiger partial charge in [0.1, 0.15) is 6.29 Å². The fraction of sp³-hybridized carbons (Fsp3) is 0. The first-order valence-corrected chi connectivity index (χ1v) is 3.89. The first-order valence-electron chi connectivity index (χ1n) is 3.89. The maximum atomic E-state index is 11.3.